The second-order valence-corrected chi connectivity index (χ2v) is 12.7. The second kappa shape index (κ2) is 8.40. The number of nitrogens with zero attached hydrogens (tertiary/aromatic N) is 6. The van der Waals surface area contributed by atoms with Gasteiger partial charge in [0.1, 0.15) is 22.4 Å². The van der Waals surface area contributed by atoms with E-state index in [4.69, 9.17) is 29.0 Å². The van der Waals surface area contributed by atoms with E-state index in [1.807, 2.05) is 70.3 Å². The van der Waals surface area contributed by atoms with Crippen LogP contribution < -0.4 is 0 Å². The maximum atomic E-state index is 6.21. The zero-order chi connectivity index (χ0) is 27.7. The van der Waals surface area contributed by atoms with Gasteiger partial charge in [-0.2, -0.15) is 10.2 Å². The van der Waals surface area contributed by atoms with E-state index < -0.39 is 5.41 Å². The highest BCUT2D eigenvalue weighted by molar-refractivity contribution is 5.82. The molecule has 0 fully saturated rings. The topological polar surface area (TPSA) is 87.7 Å². The van der Waals surface area contributed by atoms with Gasteiger partial charge in [-0.1, -0.05) is 53.7 Å². The molecule has 6 aromatic rings. The largest absolute Gasteiger partial charge is 0.438 e. The molecule has 0 aliphatic rings. The molecule has 0 amide bonds. The minimum Gasteiger partial charge on any atom is -0.438 e. The van der Waals surface area contributed by atoms with E-state index in [1.54, 1.807) is 0 Å². The molecular weight excluding hydrogens is 488 g/mol. The van der Waals surface area contributed by atoms with E-state index in [0.717, 1.165) is 45.0 Å². The van der Waals surface area contributed by atoms with Crippen molar-refractivity contribution in [1.82, 2.24) is 29.5 Å². The molecule has 0 aliphatic heterocycles. The lowest BCUT2D eigenvalue weighted by Crippen LogP contribution is -2.21. The van der Waals surface area contributed by atoms with Crippen LogP contribution in [0.3, 0.4) is 0 Å². The highest BCUT2D eigenvalue weighted by Gasteiger charge is 2.30. The normalized spacial score (nSPS) is 13.1. The highest BCUT2D eigenvalue weighted by Crippen LogP contribution is 2.34. The molecule has 0 N–H and O–H groups in total. The van der Waals surface area contributed by atoms with Crippen LogP contribution in [0, 0.1) is 0 Å². The summed E-state index contributed by atoms with van der Waals surface area (Å²) in [6.07, 6.45) is 3.93. The average Bonchev–Trinajstić information content (AvgIpc) is 3.66. The fourth-order valence-electron chi connectivity index (χ4n) is 4.59. The number of hydrogen-bond acceptors (Lipinski definition) is 6. The van der Waals surface area contributed by atoms with Gasteiger partial charge in [-0.25, -0.2) is 19.3 Å². The van der Waals surface area contributed by atoms with Gasteiger partial charge in [-0.15, -0.1) is 0 Å². The lowest BCUT2D eigenvalue weighted by molar-refractivity contribution is 0.410. The molecule has 200 valence electrons. The van der Waals surface area contributed by atoms with Crippen molar-refractivity contribution < 1.29 is 8.83 Å². The van der Waals surface area contributed by atoms with Crippen LogP contribution in [0.15, 0.2) is 69.8 Å². The van der Waals surface area contributed by atoms with Crippen LogP contribution in [0.4, 0.5) is 0 Å². The Morgan fingerprint density at radius 1 is 0.564 bits per heavy atom. The van der Waals surface area contributed by atoms with E-state index in [-0.39, 0.29) is 10.8 Å². The standard InChI is InChI=1S/C31H34N6O2/c1-29(2,3)27-32-19-11-9-13-21(25(19)38-27)36-17-15-23(34-36)31(7,8)24-16-18-37(35-24)22-14-10-12-20-26(22)39-28(33-20)30(4,5)6/h9-18H,1-8H3. The Bertz CT molecular complexity index is 1680. The van der Waals surface area contributed by atoms with Gasteiger partial charge < -0.3 is 8.83 Å². The molecule has 8 heteroatoms. The first-order valence-corrected chi connectivity index (χ1v) is 13.3. The number of fused-ring (bicyclic) bond motifs is 2. The quantitative estimate of drug-likeness (QED) is 0.242. The van der Waals surface area contributed by atoms with Gasteiger partial charge in [0.15, 0.2) is 11.2 Å². The summed E-state index contributed by atoms with van der Waals surface area (Å²) in [5.74, 6) is 1.42. The Morgan fingerprint density at radius 2 is 0.974 bits per heavy atom. The zero-order valence-electron chi connectivity index (χ0n) is 23.8. The van der Waals surface area contributed by atoms with Crippen LogP contribution in [-0.2, 0) is 16.2 Å². The number of oxazole rings is 2. The van der Waals surface area contributed by atoms with Crippen LogP contribution in [-0.4, -0.2) is 29.5 Å². The molecule has 0 saturated heterocycles. The molecule has 6 rings (SSSR count). The van der Waals surface area contributed by atoms with Crippen LogP contribution in [0.1, 0.15) is 78.6 Å². The monoisotopic (exact) mass is 522 g/mol. The summed E-state index contributed by atoms with van der Waals surface area (Å²) in [6.45, 7) is 16.8. The smallest absolute Gasteiger partial charge is 0.200 e. The lowest BCUT2D eigenvalue weighted by atomic mass is 9.86. The maximum Gasteiger partial charge on any atom is 0.200 e. The number of benzene rings is 2. The van der Waals surface area contributed by atoms with Gasteiger partial charge in [-0.05, 0) is 50.2 Å². The summed E-state index contributed by atoms with van der Waals surface area (Å²) in [4.78, 5) is 9.42. The molecule has 4 aromatic heterocycles. The molecule has 0 saturated carbocycles. The summed E-state index contributed by atoms with van der Waals surface area (Å²) in [5, 5.41) is 9.93. The van der Waals surface area contributed by atoms with Crippen LogP contribution in [0.5, 0.6) is 0 Å². The SMILES string of the molecule is CC(C)(C)c1nc2cccc(-n3ccc(C(C)(C)c4ccn(-c5cccc6nc(C(C)(C)C)oc56)n4)n3)c2o1. The molecule has 0 atom stereocenters. The number of aromatic nitrogens is 6. The lowest BCUT2D eigenvalue weighted by Gasteiger charge is -2.19. The van der Waals surface area contributed by atoms with Crippen molar-refractivity contribution >= 4 is 22.2 Å². The van der Waals surface area contributed by atoms with Gasteiger partial charge in [0, 0.05) is 23.2 Å². The van der Waals surface area contributed by atoms with Gasteiger partial charge >= 0.3 is 0 Å². The van der Waals surface area contributed by atoms with Gasteiger partial charge in [-0.3, -0.25) is 0 Å². The van der Waals surface area contributed by atoms with Crippen molar-refractivity contribution in [2.24, 2.45) is 0 Å². The summed E-state index contributed by atoms with van der Waals surface area (Å²) in [5.41, 5.74) is 5.79. The van der Waals surface area contributed by atoms with Crippen molar-refractivity contribution in [3.8, 4) is 11.4 Å². The van der Waals surface area contributed by atoms with Crippen molar-refractivity contribution in [1.29, 1.82) is 0 Å². The zero-order valence-corrected chi connectivity index (χ0v) is 23.8. The molecule has 0 aliphatic carbocycles. The third-order valence-corrected chi connectivity index (χ3v) is 7.02. The third kappa shape index (κ3) is 4.24. The molecular formula is C31H34N6O2. The van der Waals surface area contributed by atoms with Crippen molar-refractivity contribution in [2.75, 3.05) is 0 Å². The van der Waals surface area contributed by atoms with Gasteiger partial charge in [0.25, 0.3) is 0 Å². The number of hydrogen-bond donors (Lipinski definition) is 0. The van der Waals surface area contributed by atoms with Crippen LogP contribution >= 0.6 is 0 Å². The molecule has 0 radical (unpaired) electrons. The predicted octanol–water partition coefficient (Wildman–Crippen LogP) is 7.26. The Morgan fingerprint density at radius 3 is 1.36 bits per heavy atom. The van der Waals surface area contributed by atoms with Crippen molar-refractivity contribution in [3.63, 3.8) is 0 Å². The first-order chi connectivity index (χ1) is 18.3. The molecule has 0 bridgehead atoms. The minimum atomic E-state index is -0.450. The Kier molecular flexibility index (Phi) is 5.40. The molecule has 39 heavy (non-hydrogen) atoms. The summed E-state index contributed by atoms with van der Waals surface area (Å²) >= 11 is 0. The molecule has 8 nitrogen and oxygen atoms in total. The van der Waals surface area contributed by atoms with Crippen molar-refractivity contribution in [2.45, 2.75) is 71.6 Å². The summed E-state index contributed by atoms with van der Waals surface area (Å²) < 4.78 is 16.1. The van der Waals surface area contributed by atoms with E-state index in [0.29, 0.717) is 11.8 Å². The van der Waals surface area contributed by atoms with Gasteiger partial charge in [0.2, 0.25) is 11.8 Å². The van der Waals surface area contributed by atoms with E-state index in [1.165, 1.54) is 0 Å². The average molecular weight is 523 g/mol. The fraction of sp³-hybridized carbons (Fsp3) is 0.355. The number of rotatable bonds is 4. The number of para-hydroxylation sites is 2. The van der Waals surface area contributed by atoms with E-state index in [2.05, 4.69) is 55.4 Å². The second-order valence-electron chi connectivity index (χ2n) is 12.7. The molecule has 4 heterocycles. The Hall–Kier alpha value is -4.20. The predicted molar refractivity (Wildman–Crippen MR) is 152 cm³/mol. The minimum absolute atomic E-state index is 0.184. The van der Waals surface area contributed by atoms with E-state index in [9.17, 15) is 0 Å². The first kappa shape index (κ1) is 25.1. The molecule has 2 aromatic carbocycles. The maximum absolute atomic E-state index is 6.21. The van der Waals surface area contributed by atoms with Gasteiger partial charge in [0.05, 0.1) is 16.8 Å². The summed E-state index contributed by atoms with van der Waals surface area (Å²) in [6, 6.07) is 16.0. The Balaban J connectivity index is 1.35. The van der Waals surface area contributed by atoms with E-state index >= 15 is 0 Å². The fourth-order valence-corrected chi connectivity index (χ4v) is 4.59. The van der Waals surface area contributed by atoms with Crippen LogP contribution in [0.25, 0.3) is 33.6 Å². The molecule has 0 spiro atoms. The van der Waals surface area contributed by atoms with Crippen LogP contribution in [0.2, 0.25) is 0 Å². The Labute approximate surface area is 227 Å². The first-order valence-electron chi connectivity index (χ1n) is 13.3. The molecule has 0 unspecified atom stereocenters. The van der Waals surface area contributed by atoms with Crippen molar-refractivity contribution in [3.05, 3.63) is 84.1 Å². The summed E-state index contributed by atoms with van der Waals surface area (Å²) in [7, 11) is 0. The third-order valence-electron chi connectivity index (χ3n) is 7.02. The highest BCUT2D eigenvalue weighted by atomic mass is 16.4.